The molecule has 2 aliphatic carbocycles. The van der Waals surface area contributed by atoms with Crippen molar-refractivity contribution in [2.24, 2.45) is 0 Å². The second-order valence-electron chi connectivity index (χ2n) is 10.3. The summed E-state index contributed by atoms with van der Waals surface area (Å²) >= 11 is 4.06. The molecule has 0 spiro atoms. The number of aryl methyl sites for hydroxylation is 2. The SMILES string of the molecule is C1=CC2c3c(ccc4cc(CC/C=C/c5ccccc5)sc34)C2c2sc(CC/C=C/c3ccccc3)cc21. The van der Waals surface area contributed by atoms with Crippen molar-refractivity contribution >= 4 is 51.0 Å². The average Bonchev–Trinajstić information content (AvgIpc) is 3.54. The van der Waals surface area contributed by atoms with Gasteiger partial charge in [-0.2, -0.15) is 0 Å². The van der Waals surface area contributed by atoms with E-state index in [1.54, 1.807) is 16.0 Å². The Hall–Kier alpha value is -3.46. The zero-order valence-corrected chi connectivity index (χ0v) is 23.0. The van der Waals surface area contributed by atoms with Gasteiger partial charge < -0.3 is 0 Å². The molecule has 186 valence electrons. The minimum Gasteiger partial charge on any atom is -0.144 e. The van der Waals surface area contributed by atoms with Crippen LogP contribution in [0.2, 0.25) is 0 Å². The molecule has 2 aromatic heterocycles. The van der Waals surface area contributed by atoms with E-state index in [0.717, 1.165) is 25.7 Å². The summed E-state index contributed by atoms with van der Waals surface area (Å²) in [5, 5.41) is 1.42. The molecule has 7 rings (SSSR count). The van der Waals surface area contributed by atoms with Crippen molar-refractivity contribution in [1.29, 1.82) is 0 Å². The summed E-state index contributed by atoms with van der Waals surface area (Å²) in [7, 11) is 0. The lowest BCUT2D eigenvalue weighted by molar-refractivity contribution is 0.637. The van der Waals surface area contributed by atoms with Crippen LogP contribution in [-0.2, 0) is 12.8 Å². The van der Waals surface area contributed by atoms with E-state index in [2.05, 4.69) is 121 Å². The maximum atomic E-state index is 2.47. The Kier molecular flexibility index (Phi) is 6.45. The monoisotopic (exact) mass is 526 g/mol. The first-order valence-electron chi connectivity index (χ1n) is 13.6. The van der Waals surface area contributed by atoms with E-state index in [4.69, 9.17) is 0 Å². The zero-order chi connectivity index (χ0) is 25.3. The highest BCUT2D eigenvalue weighted by atomic mass is 32.1. The van der Waals surface area contributed by atoms with Gasteiger partial charge in [-0.3, -0.25) is 0 Å². The summed E-state index contributed by atoms with van der Waals surface area (Å²) in [6.45, 7) is 0. The Morgan fingerprint density at radius 2 is 1.34 bits per heavy atom. The Morgan fingerprint density at radius 3 is 2.03 bits per heavy atom. The van der Waals surface area contributed by atoms with E-state index in [1.807, 2.05) is 22.7 Å². The van der Waals surface area contributed by atoms with Crippen molar-refractivity contribution in [3.05, 3.63) is 146 Å². The van der Waals surface area contributed by atoms with Crippen molar-refractivity contribution in [2.75, 3.05) is 0 Å². The quantitative estimate of drug-likeness (QED) is 0.189. The van der Waals surface area contributed by atoms with Crippen LogP contribution in [0, 0.1) is 0 Å². The molecule has 3 aromatic carbocycles. The molecule has 0 radical (unpaired) electrons. The fourth-order valence-electron chi connectivity index (χ4n) is 5.90. The highest BCUT2D eigenvalue weighted by molar-refractivity contribution is 7.19. The topological polar surface area (TPSA) is 0 Å². The van der Waals surface area contributed by atoms with Crippen LogP contribution in [0.4, 0.5) is 0 Å². The number of allylic oxidation sites excluding steroid dienone is 3. The van der Waals surface area contributed by atoms with E-state index < -0.39 is 0 Å². The largest absolute Gasteiger partial charge is 0.144 e. The second-order valence-corrected chi connectivity index (χ2v) is 12.6. The summed E-state index contributed by atoms with van der Waals surface area (Å²) in [4.78, 5) is 4.58. The minimum atomic E-state index is 0.537. The molecule has 2 heterocycles. The molecule has 2 aliphatic rings. The molecule has 0 saturated heterocycles. The van der Waals surface area contributed by atoms with Crippen LogP contribution in [0.25, 0.3) is 28.3 Å². The lowest BCUT2D eigenvalue weighted by Gasteiger charge is -2.40. The third-order valence-corrected chi connectivity index (χ3v) is 10.3. The number of fused-ring (bicyclic) bond motifs is 8. The van der Waals surface area contributed by atoms with Crippen LogP contribution < -0.4 is 0 Å². The first kappa shape index (κ1) is 23.6. The van der Waals surface area contributed by atoms with Gasteiger partial charge in [0.1, 0.15) is 0 Å². The predicted octanol–water partition coefficient (Wildman–Crippen LogP) is 10.5. The Bertz CT molecular complexity index is 1660. The maximum Gasteiger partial charge on any atom is 0.0387 e. The molecule has 5 aromatic rings. The summed E-state index contributed by atoms with van der Waals surface area (Å²) in [6, 6.07) is 30.8. The van der Waals surface area contributed by atoms with E-state index in [0.29, 0.717) is 11.8 Å². The lowest BCUT2D eigenvalue weighted by atomic mass is 9.64. The van der Waals surface area contributed by atoms with Gasteiger partial charge in [0, 0.05) is 31.2 Å². The second kappa shape index (κ2) is 10.4. The van der Waals surface area contributed by atoms with E-state index in [1.165, 1.54) is 36.5 Å². The van der Waals surface area contributed by atoms with Crippen LogP contribution in [0.5, 0.6) is 0 Å². The molecule has 2 heteroatoms. The van der Waals surface area contributed by atoms with Crippen LogP contribution in [0.3, 0.4) is 0 Å². The molecule has 0 nitrogen and oxygen atoms in total. The summed E-state index contributed by atoms with van der Waals surface area (Å²) in [5.74, 6) is 1.09. The Balaban J connectivity index is 1.05. The van der Waals surface area contributed by atoms with Gasteiger partial charge in [-0.1, -0.05) is 109 Å². The van der Waals surface area contributed by atoms with Gasteiger partial charge in [0.05, 0.1) is 0 Å². The van der Waals surface area contributed by atoms with Gasteiger partial charge in [0.2, 0.25) is 0 Å². The lowest BCUT2D eigenvalue weighted by Crippen LogP contribution is -2.25. The summed E-state index contributed by atoms with van der Waals surface area (Å²) in [6.07, 6.45) is 18.4. The molecular weight excluding hydrogens is 497 g/mol. The first-order chi connectivity index (χ1) is 18.8. The van der Waals surface area contributed by atoms with Crippen molar-refractivity contribution < 1.29 is 0 Å². The highest BCUT2D eigenvalue weighted by Gasteiger charge is 2.42. The van der Waals surface area contributed by atoms with Crippen LogP contribution in [-0.4, -0.2) is 0 Å². The Labute approximate surface area is 233 Å². The molecule has 0 saturated carbocycles. The van der Waals surface area contributed by atoms with Gasteiger partial charge in [0.25, 0.3) is 0 Å². The maximum absolute atomic E-state index is 2.47. The van der Waals surface area contributed by atoms with Crippen LogP contribution >= 0.6 is 22.7 Å². The minimum absolute atomic E-state index is 0.537. The number of benzene rings is 3. The van der Waals surface area contributed by atoms with Crippen LogP contribution in [0.1, 0.15) is 67.1 Å². The molecular formula is C36H30S2. The number of rotatable bonds is 8. The first-order valence-corrected chi connectivity index (χ1v) is 15.3. The summed E-state index contributed by atoms with van der Waals surface area (Å²) in [5.41, 5.74) is 7.15. The van der Waals surface area contributed by atoms with E-state index >= 15 is 0 Å². The molecule has 38 heavy (non-hydrogen) atoms. The predicted molar refractivity (Wildman–Crippen MR) is 167 cm³/mol. The zero-order valence-electron chi connectivity index (χ0n) is 21.3. The average molecular weight is 527 g/mol. The smallest absolute Gasteiger partial charge is 0.0387 e. The van der Waals surface area contributed by atoms with Crippen molar-refractivity contribution in [3.8, 4) is 0 Å². The fraction of sp³-hybridized carbons (Fsp3) is 0.167. The molecule has 2 atom stereocenters. The van der Waals surface area contributed by atoms with Crippen molar-refractivity contribution in [1.82, 2.24) is 0 Å². The third-order valence-electron chi connectivity index (χ3n) is 7.78. The van der Waals surface area contributed by atoms with E-state index in [-0.39, 0.29) is 0 Å². The van der Waals surface area contributed by atoms with Gasteiger partial charge in [0.15, 0.2) is 0 Å². The van der Waals surface area contributed by atoms with Gasteiger partial charge >= 0.3 is 0 Å². The molecule has 0 bridgehead atoms. The van der Waals surface area contributed by atoms with Crippen molar-refractivity contribution in [3.63, 3.8) is 0 Å². The molecule has 0 aliphatic heterocycles. The highest BCUT2D eigenvalue weighted by Crippen LogP contribution is 2.59. The summed E-state index contributed by atoms with van der Waals surface area (Å²) < 4.78 is 1.52. The third kappa shape index (κ3) is 4.53. The van der Waals surface area contributed by atoms with Gasteiger partial charge in [-0.05, 0) is 71.0 Å². The van der Waals surface area contributed by atoms with E-state index in [9.17, 15) is 0 Å². The Morgan fingerprint density at radius 1 is 0.684 bits per heavy atom. The number of hydrogen-bond donors (Lipinski definition) is 0. The van der Waals surface area contributed by atoms with Crippen LogP contribution in [0.15, 0.2) is 103 Å². The van der Waals surface area contributed by atoms with Gasteiger partial charge in [-0.15, -0.1) is 22.7 Å². The van der Waals surface area contributed by atoms with Gasteiger partial charge in [-0.25, -0.2) is 0 Å². The fourth-order valence-corrected chi connectivity index (χ4v) is 8.51. The standard InChI is InChI=1S/C36H30S2/c1-3-11-25(12-4-1)15-7-9-17-29-23-27-19-21-31-33(35(27)37-29)32-22-20-28-24-30(38-36(28)34(31)32)18-10-8-16-26-13-5-2-6-14-26/h1-8,11-16,19-24,31,33H,9-10,17-18H2/b15-7+,16-8+. The number of hydrogen-bond acceptors (Lipinski definition) is 2. The molecule has 2 unspecified atom stereocenters. The number of thiophene rings is 2. The normalized spacial score (nSPS) is 17.6. The molecule has 0 N–H and O–H groups in total. The molecule has 0 amide bonds. The van der Waals surface area contributed by atoms with Crippen molar-refractivity contribution in [2.45, 2.75) is 37.5 Å². The molecule has 0 fully saturated rings.